The number of alkyl halides is 2. The number of fused-ring (bicyclic) bond motifs is 1. The van der Waals surface area contributed by atoms with E-state index in [0.29, 0.717) is 22.5 Å². The summed E-state index contributed by atoms with van der Waals surface area (Å²) < 4.78 is 30.8. The van der Waals surface area contributed by atoms with Crippen LogP contribution in [-0.4, -0.2) is 21.8 Å². The Kier molecular flexibility index (Phi) is 5.25. The number of rotatable bonds is 6. The Balaban J connectivity index is 1.52. The number of carbonyl (C=O) groups excluding carboxylic acids is 2. The van der Waals surface area contributed by atoms with E-state index in [4.69, 9.17) is 4.42 Å². The molecule has 0 unspecified atom stereocenters. The fourth-order valence-corrected chi connectivity index (χ4v) is 2.93. The minimum absolute atomic E-state index is 0.205. The predicted octanol–water partition coefficient (Wildman–Crippen LogP) is 4.28. The molecule has 3 N–H and O–H groups in total. The summed E-state index contributed by atoms with van der Waals surface area (Å²) >= 11 is 0. The molecule has 152 valence electrons. The first-order chi connectivity index (χ1) is 14.5. The Morgan fingerprint density at radius 2 is 1.90 bits per heavy atom. The molecule has 0 aliphatic rings. The molecule has 30 heavy (non-hydrogen) atoms. The molecule has 0 bridgehead atoms. The first-order valence-electron chi connectivity index (χ1n) is 9.00. The standard InChI is InChI=1S/C21H16F2N4O3/c22-18(23)19-25-16-8-7-12(10-17(16)26-19)20(28)27-15-6-2-1-5-14(15)21(29)24-11-13-4-3-9-30-13/h1-10,18H,11H2,(H,24,29)(H,25,26)(H,27,28). The lowest BCUT2D eigenvalue weighted by Gasteiger charge is -2.11. The van der Waals surface area contributed by atoms with Gasteiger partial charge < -0.3 is 20.0 Å². The van der Waals surface area contributed by atoms with Gasteiger partial charge in [0, 0.05) is 5.56 Å². The summed E-state index contributed by atoms with van der Waals surface area (Å²) in [5, 5.41) is 5.41. The molecule has 9 heteroatoms. The van der Waals surface area contributed by atoms with E-state index < -0.39 is 18.2 Å². The van der Waals surface area contributed by atoms with Gasteiger partial charge in [-0.25, -0.2) is 13.8 Å². The number of benzene rings is 2. The van der Waals surface area contributed by atoms with Crippen molar-refractivity contribution >= 4 is 28.5 Å². The topological polar surface area (TPSA) is 100 Å². The SMILES string of the molecule is O=C(Nc1ccccc1C(=O)NCc1ccco1)c1ccc2nc(C(F)F)[nH]c2c1. The Morgan fingerprint density at radius 1 is 1.07 bits per heavy atom. The molecule has 0 saturated carbocycles. The van der Waals surface area contributed by atoms with Gasteiger partial charge in [0.1, 0.15) is 5.76 Å². The van der Waals surface area contributed by atoms with E-state index >= 15 is 0 Å². The van der Waals surface area contributed by atoms with Gasteiger partial charge in [-0.3, -0.25) is 9.59 Å². The molecule has 2 amide bonds. The number of carbonyl (C=O) groups is 2. The number of H-pyrrole nitrogens is 1. The van der Waals surface area contributed by atoms with E-state index in [1.807, 2.05) is 0 Å². The van der Waals surface area contributed by atoms with E-state index in [0.717, 1.165) is 0 Å². The minimum atomic E-state index is -2.73. The normalized spacial score (nSPS) is 11.0. The molecule has 4 aromatic rings. The smallest absolute Gasteiger partial charge is 0.295 e. The van der Waals surface area contributed by atoms with Crippen molar-refractivity contribution in [2.45, 2.75) is 13.0 Å². The second-order valence-electron chi connectivity index (χ2n) is 6.42. The van der Waals surface area contributed by atoms with Crippen molar-refractivity contribution in [2.24, 2.45) is 0 Å². The molecule has 2 heterocycles. The number of hydrogen-bond acceptors (Lipinski definition) is 4. The molecule has 0 spiro atoms. The summed E-state index contributed by atoms with van der Waals surface area (Å²) in [6.07, 6.45) is -1.22. The van der Waals surface area contributed by atoms with Crippen molar-refractivity contribution in [3.05, 3.63) is 83.6 Å². The Labute approximate surface area is 169 Å². The summed E-state index contributed by atoms with van der Waals surface area (Å²) in [4.78, 5) is 31.5. The van der Waals surface area contributed by atoms with E-state index in [1.165, 1.54) is 24.5 Å². The maximum Gasteiger partial charge on any atom is 0.295 e. The number of aromatic nitrogens is 2. The highest BCUT2D eigenvalue weighted by molar-refractivity contribution is 6.09. The molecular weight excluding hydrogens is 394 g/mol. The number of halogens is 2. The number of furan rings is 1. The minimum Gasteiger partial charge on any atom is -0.467 e. The third-order valence-electron chi connectivity index (χ3n) is 4.39. The molecule has 0 radical (unpaired) electrons. The van der Waals surface area contributed by atoms with Gasteiger partial charge in [0.25, 0.3) is 18.2 Å². The lowest BCUT2D eigenvalue weighted by atomic mass is 10.1. The van der Waals surface area contributed by atoms with E-state index in [-0.39, 0.29) is 23.6 Å². The summed E-state index contributed by atoms with van der Waals surface area (Å²) in [6.45, 7) is 0.205. The second kappa shape index (κ2) is 8.16. The van der Waals surface area contributed by atoms with Crippen LogP contribution < -0.4 is 10.6 Å². The molecule has 0 fully saturated rings. The zero-order valence-electron chi connectivity index (χ0n) is 15.5. The summed E-state index contributed by atoms with van der Waals surface area (Å²) in [5.41, 5.74) is 1.48. The quantitative estimate of drug-likeness (QED) is 0.442. The van der Waals surface area contributed by atoms with Crippen LogP contribution in [0.5, 0.6) is 0 Å². The number of nitrogens with zero attached hydrogens (tertiary/aromatic N) is 1. The molecule has 4 rings (SSSR count). The molecule has 2 aromatic heterocycles. The Bertz CT molecular complexity index is 1200. The molecule has 0 atom stereocenters. The molecule has 0 aliphatic heterocycles. The van der Waals surface area contributed by atoms with Crippen LogP contribution in [0.15, 0.2) is 65.3 Å². The van der Waals surface area contributed by atoms with Gasteiger partial charge in [0.05, 0.1) is 35.1 Å². The van der Waals surface area contributed by atoms with Crippen LogP contribution in [-0.2, 0) is 6.54 Å². The van der Waals surface area contributed by atoms with Gasteiger partial charge in [0.2, 0.25) is 0 Å². The van der Waals surface area contributed by atoms with Crippen LogP contribution in [0.4, 0.5) is 14.5 Å². The van der Waals surface area contributed by atoms with E-state index in [2.05, 4.69) is 20.6 Å². The number of anilines is 1. The first kappa shape index (κ1) is 19.3. The van der Waals surface area contributed by atoms with Crippen LogP contribution in [0.3, 0.4) is 0 Å². The third kappa shape index (κ3) is 4.04. The molecule has 7 nitrogen and oxygen atoms in total. The first-order valence-corrected chi connectivity index (χ1v) is 9.00. The summed E-state index contributed by atoms with van der Waals surface area (Å²) in [7, 11) is 0. The number of imidazole rings is 1. The Hall–Kier alpha value is -4.01. The van der Waals surface area contributed by atoms with Gasteiger partial charge in [-0.15, -0.1) is 0 Å². The van der Waals surface area contributed by atoms with Gasteiger partial charge in [0.15, 0.2) is 5.82 Å². The van der Waals surface area contributed by atoms with Crippen molar-refractivity contribution in [3.8, 4) is 0 Å². The number of amides is 2. The number of nitrogens with one attached hydrogen (secondary N) is 3. The van der Waals surface area contributed by atoms with Gasteiger partial charge in [-0.1, -0.05) is 12.1 Å². The van der Waals surface area contributed by atoms with Gasteiger partial charge in [-0.05, 0) is 42.5 Å². The van der Waals surface area contributed by atoms with Crippen LogP contribution >= 0.6 is 0 Å². The highest BCUT2D eigenvalue weighted by atomic mass is 19.3. The highest BCUT2D eigenvalue weighted by Gasteiger charge is 2.17. The van der Waals surface area contributed by atoms with Crippen molar-refractivity contribution in [2.75, 3.05) is 5.32 Å². The van der Waals surface area contributed by atoms with Crippen LogP contribution in [0, 0.1) is 0 Å². The molecule has 2 aromatic carbocycles. The second-order valence-corrected chi connectivity index (χ2v) is 6.42. The largest absolute Gasteiger partial charge is 0.467 e. The van der Waals surface area contributed by atoms with E-state index in [9.17, 15) is 18.4 Å². The van der Waals surface area contributed by atoms with Gasteiger partial charge >= 0.3 is 0 Å². The lowest BCUT2D eigenvalue weighted by Crippen LogP contribution is -2.24. The molecule has 0 aliphatic carbocycles. The fraction of sp³-hybridized carbons (Fsp3) is 0.0952. The summed E-state index contributed by atoms with van der Waals surface area (Å²) in [5.74, 6) is -0.730. The maximum absolute atomic E-state index is 12.8. The highest BCUT2D eigenvalue weighted by Crippen LogP contribution is 2.22. The lowest BCUT2D eigenvalue weighted by molar-refractivity contribution is 0.0949. The zero-order valence-corrected chi connectivity index (χ0v) is 15.5. The Morgan fingerprint density at radius 3 is 2.67 bits per heavy atom. The number of hydrogen-bond donors (Lipinski definition) is 3. The van der Waals surface area contributed by atoms with Crippen molar-refractivity contribution in [3.63, 3.8) is 0 Å². The van der Waals surface area contributed by atoms with Crippen molar-refractivity contribution in [1.29, 1.82) is 0 Å². The number of aromatic amines is 1. The predicted molar refractivity (Wildman–Crippen MR) is 105 cm³/mol. The average molecular weight is 410 g/mol. The fourth-order valence-electron chi connectivity index (χ4n) is 2.93. The maximum atomic E-state index is 12.8. The van der Waals surface area contributed by atoms with Crippen molar-refractivity contribution < 1.29 is 22.8 Å². The summed E-state index contributed by atoms with van der Waals surface area (Å²) in [6, 6.07) is 14.4. The van der Waals surface area contributed by atoms with Crippen LogP contribution in [0.1, 0.15) is 38.7 Å². The number of para-hydroxylation sites is 1. The molecular formula is C21H16F2N4O3. The van der Waals surface area contributed by atoms with Crippen molar-refractivity contribution in [1.82, 2.24) is 15.3 Å². The van der Waals surface area contributed by atoms with E-state index in [1.54, 1.807) is 36.4 Å². The molecule has 0 saturated heterocycles. The third-order valence-corrected chi connectivity index (χ3v) is 4.39. The van der Waals surface area contributed by atoms with Crippen LogP contribution in [0.25, 0.3) is 11.0 Å². The van der Waals surface area contributed by atoms with Crippen LogP contribution in [0.2, 0.25) is 0 Å². The average Bonchev–Trinajstić information content (AvgIpc) is 3.41. The zero-order chi connectivity index (χ0) is 21.1. The van der Waals surface area contributed by atoms with Gasteiger partial charge in [-0.2, -0.15) is 0 Å². The monoisotopic (exact) mass is 410 g/mol.